The Morgan fingerprint density at radius 3 is 2.67 bits per heavy atom. The highest BCUT2D eigenvalue weighted by Crippen LogP contribution is 2.26. The van der Waals surface area contributed by atoms with Crippen LogP contribution < -0.4 is 0 Å². The van der Waals surface area contributed by atoms with E-state index < -0.39 is 0 Å². The molecule has 0 amide bonds. The zero-order chi connectivity index (χ0) is 14.5. The summed E-state index contributed by atoms with van der Waals surface area (Å²) in [4.78, 5) is 12.3. The molecule has 1 heteroatoms. The second-order valence-electron chi connectivity index (χ2n) is 6.29. The summed E-state index contributed by atoms with van der Waals surface area (Å²) in [6, 6.07) is 15.1. The molecule has 0 aromatic heterocycles. The molecule has 21 heavy (non-hydrogen) atoms. The number of aryl methyl sites for hydroxylation is 1. The van der Waals surface area contributed by atoms with Crippen LogP contribution in [-0.4, -0.2) is 5.78 Å². The molecule has 0 bridgehead atoms. The van der Waals surface area contributed by atoms with E-state index in [4.69, 9.17) is 0 Å². The zero-order valence-electron chi connectivity index (χ0n) is 12.7. The molecule has 3 rings (SSSR count). The molecule has 1 aliphatic carbocycles. The molecule has 0 N–H and O–H groups in total. The molecule has 0 spiro atoms. The third kappa shape index (κ3) is 3.53. The first-order valence-corrected chi connectivity index (χ1v) is 8.34. The Hall–Kier alpha value is -1.63. The van der Waals surface area contributed by atoms with E-state index in [0.29, 0.717) is 11.7 Å². The fourth-order valence-corrected chi connectivity index (χ4v) is 3.55. The molecule has 1 saturated carbocycles. The minimum Gasteiger partial charge on any atom is -0.299 e. The molecule has 1 nitrogen and oxygen atoms in total. The highest BCUT2D eigenvalue weighted by Gasteiger charge is 2.19. The SMILES string of the molecule is O=C1CCCCCCC1CCc1cccc2ccccc12. The highest BCUT2D eigenvalue weighted by atomic mass is 16.1. The molecule has 1 fully saturated rings. The molecule has 0 radical (unpaired) electrons. The lowest BCUT2D eigenvalue weighted by molar-refractivity contribution is -0.123. The predicted molar refractivity (Wildman–Crippen MR) is 88.5 cm³/mol. The number of carbonyl (C=O) groups excluding carboxylic acids is 1. The maximum Gasteiger partial charge on any atom is 0.135 e. The van der Waals surface area contributed by atoms with Crippen LogP contribution in [0.15, 0.2) is 42.5 Å². The number of Topliss-reactive ketones (excluding diaryl/α,β-unsaturated/α-hetero) is 1. The second-order valence-corrected chi connectivity index (χ2v) is 6.29. The highest BCUT2D eigenvalue weighted by molar-refractivity contribution is 5.86. The minimum atomic E-state index is 0.296. The van der Waals surface area contributed by atoms with Crippen molar-refractivity contribution in [3.63, 3.8) is 0 Å². The number of fused-ring (bicyclic) bond motifs is 1. The molecule has 0 aliphatic heterocycles. The Morgan fingerprint density at radius 2 is 1.71 bits per heavy atom. The van der Waals surface area contributed by atoms with Crippen LogP contribution in [0.3, 0.4) is 0 Å². The monoisotopic (exact) mass is 280 g/mol. The first kappa shape index (κ1) is 14.3. The number of rotatable bonds is 3. The predicted octanol–water partition coefficient (Wildman–Crippen LogP) is 5.31. The lowest BCUT2D eigenvalue weighted by atomic mass is 9.85. The van der Waals surface area contributed by atoms with Gasteiger partial charge in [-0.2, -0.15) is 0 Å². The van der Waals surface area contributed by atoms with Crippen molar-refractivity contribution in [1.82, 2.24) is 0 Å². The summed E-state index contributed by atoms with van der Waals surface area (Å²) in [5.74, 6) is 0.805. The molecule has 110 valence electrons. The summed E-state index contributed by atoms with van der Waals surface area (Å²) in [5.41, 5.74) is 1.39. The molecular weight excluding hydrogens is 256 g/mol. The topological polar surface area (TPSA) is 17.1 Å². The van der Waals surface area contributed by atoms with E-state index in [1.807, 2.05) is 0 Å². The van der Waals surface area contributed by atoms with Gasteiger partial charge in [-0.15, -0.1) is 0 Å². The second kappa shape index (κ2) is 6.89. The van der Waals surface area contributed by atoms with Crippen molar-refractivity contribution in [2.24, 2.45) is 5.92 Å². The maximum atomic E-state index is 12.3. The Kier molecular flexibility index (Phi) is 4.69. The quantitative estimate of drug-likeness (QED) is 0.744. The third-order valence-corrected chi connectivity index (χ3v) is 4.82. The summed E-state index contributed by atoms with van der Waals surface area (Å²) in [6.07, 6.45) is 8.82. The number of carbonyl (C=O) groups is 1. The van der Waals surface area contributed by atoms with Crippen LogP contribution in [0.25, 0.3) is 10.8 Å². The van der Waals surface area contributed by atoms with Crippen molar-refractivity contribution in [3.8, 4) is 0 Å². The van der Waals surface area contributed by atoms with Gasteiger partial charge in [-0.05, 0) is 42.0 Å². The van der Waals surface area contributed by atoms with E-state index in [0.717, 1.165) is 32.1 Å². The molecule has 1 atom stereocenters. The fraction of sp³-hybridized carbons (Fsp3) is 0.450. The van der Waals surface area contributed by atoms with Crippen LogP contribution in [0.4, 0.5) is 0 Å². The Morgan fingerprint density at radius 1 is 0.905 bits per heavy atom. The summed E-state index contributed by atoms with van der Waals surface area (Å²) in [5, 5.41) is 2.65. The Balaban J connectivity index is 1.72. The molecule has 0 heterocycles. The lowest BCUT2D eigenvalue weighted by Crippen LogP contribution is -2.17. The number of ketones is 1. The van der Waals surface area contributed by atoms with Gasteiger partial charge in [0.25, 0.3) is 0 Å². The zero-order valence-corrected chi connectivity index (χ0v) is 12.7. The largest absolute Gasteiger partial charge is 0.299 e. The van der Waals surface area contributed by atoms with E-state index in [9.17, 15) is 4.79 Å². The first-order valence-electron chi connectivity index (χ1n) is 8.34. The number of hydrogen-bond donors (Lipinski definition) is 0. The Labute approximate surface area is 127 Å². The summed E-state index contributed by atoms with van der Waals surface area (Å²) in [6.45, 7) is 0. The van der Waals surface area contributed by atoms with Crippen molar-refractivity contribution in [3.05, 3.63) is 48.0 Å². The van der Waals surface area contributed by atoms with Gasteiger partial charge < -0.3 is 0 Å². The van der Waals surface area contributed by atoms with E-state index >= 15 is 0 Å². The van der Waals surface area contributed by atoms with E-state index in [1.165, 1.54) is 35.6 Å². The van der Waals surface area contributed by atoms with Gasteiger partial charge in [0.05, 0.1) is 0 Å². The van der Waals surface area contributed by atoms with Gasteiger partial charge in [0, 0.05) is 12.3 Å². The number of benzene rings is 2. The molecule has 0 saturated heterocycles. The summed E-state index contributed by atoms with van der Waals surface area (Å²) in [7, 11) is 0. The molecule has 1 aliphatic rings. The standard InChI is InChI=1S/C20H24O/c21-20-13-4-2-1-3-9-18(20)15-14-17-11-7-10-16-8-5-6-12-19(16)17/h5-8,10-12,18H,1-4,9,13-15H2. The van der Waals surface area contributed by atoms with Crippen LogP contribution in [0.5, 0.6) is 0 Å². The molecular formula is C20H24O. The van der Waals surface area contributed by atoms with Gasteiger partial charge in [-0.25, -0.2) is 0 Å². The van der Waals surface area contributed by atoms with E-state index in [-0.39, 0.29) is 0 Å². The van der Waals surface area contributed by atoms with Gasteiger partial charge in [-0.1, -0.05) is 61.7 Å². The van der Waals surface area contributed by atoms with Gasteiger partial charge in [0.15, 0.2) is 0 Å². The molecule has 2 aromatic carbocycles. The fourth-order valence-electron chi connectivity index (χ4n) is 3.55. The molecule has 2 aromatic rings. The van der Waals surface area contributed by atoms with E-state index in [2.05, 4.69) is 42.5 Å². The van der Waals surface area contributed by atoms with Crippen LogP contribution in [0.2, 0.25) is 0 Å². The van der Waals surface area contributed by atoms with Crippen molar-refractivity contribution in [2.45, 2.75) is 51.4 Å². The average Bonchev–Trinajstić information content (AvgIpc) is 2.51. The van der Waals surface area contributed by atoms with Crippen LogP contribution >= 0.6 is 0 Å². The maximum absolute atomic E-state index is 12.3. The molecule has 1 unspecified atom stereocenters. The van der Waals surface area contributed by atoms with Gasteiger partial charge in [0.1, 0.15) is 5.78 Å². The summed E-state index contributed by atoms with van der Waals surface area (Å²) >= 11 is 0. The Bertz CT molecular complexity index is 609. The van der Waals surface area contributed by atoms with Gasteiger partial charge in [-0.3, -0.25) is 4.79 Å². The first-order chi connectivity index (χ1) is 10.3. The average molecular weight is 280 g/mol. The summed E-state index contributed by atoms with van der Waals surface area (Å²) < 4.78 is 0. The minimum absolute atomic E-state index is 0.296. The van der Waals surface area contributed by atoms with Gasteiger partial charge in [0.2, 0.25) is 0 Å². The van der Waals surface area contributed by atoms with Gasteiger partial charge >= 0.3 is 0 Å². The lowest BCUT2D eigenvalue weighted by Gasteiger charge is -2.19. The normalized spacial score (nSPS) is 20.2. The van der Waals surface area contributed by atoms with Crippen molar-refractivity contribution in [2.75, 3.05) is 0 Å². The van der Waals surface area contributed by atoms with Crippen LogP contribution in [-0.2, 0) is 11.2 Å². The van der Waals surface area contributed by atoms with Crippen molar-refractivity contribution < 1.29 is 4.79 Å². The number of hydrogen-bond acceptors (Lipinski definition) is 1. The van der Waals surface area contributed by atoms with Crippen molar-refractivity contribution >= 4 is 16.6 Å². The smallest absolute Gasteiger partial charge is 0.135 e. The van der Waals surface area contributed by atoms with Crippen molar-refractivity contribution in [1.29, 1.82) is 0 Å². The van der Waals surface area contributed by atoms with Crippen LogP contribution in [0, 0.1) is 5.92 Å². The third-order valence-electron chi connectivity index (χ3n) is 4.82. The van der Waals surface area contributed by atoms with Crippen LogP contribution in [0.1, 0.15) is 50.5 Å². The van der Waals surface area contributed by atoms with E-state index in [1.54, 1.807) is 0 Å².